The first-order valence-electron chi connectivity index (χ1n) is 6.98. The number of methoxy groups -OCH3 is 2. The minimum absolute atomic E-state index is 0.211. The molecule has 0 bridgehead atoms. The number of rotatable bonds is 5. The van der Waals surface area contributed by atoms with Gasteiger partial charge in [0.25, 0.3) is 0 Å². The largest absolute Gasteiger partial charge is 0.495 e. The van der Waals surface area contributed by atoms with Gasteiger partial charge in [-0.2, -0.15) is 18.3 Å². The number of carbonyl (C=O) groups is 1. The number of aryl methyl sites for hydroxylation is 1. The lowest BCUT2D eigenvalue weighted by atomic mass is 10.2. The topological polar surface area (TPSA) is 65.4 Å². The van der Waals surface area contributed by atoms with Crippen LogP contribution in [0.3, 0.4) is 0 Å². The number of aromatic nitrogens is 2. The number of halogens is 4. The third-order valence-electron chi connectivity index (χ3n) is 3.31. The maximum Gasteiger partial charge on any atom is 0.435 e. The molecule has 0 unspecified atom stereocenters. The van der Waals surface area contributed by atoms with Crippen molar-refractivity contribution in [2.24, 2.45) is 0 Å². The van der Waals surface area contributed by atoms with Gasteiger partial charge < -0.3 is 14.8 Å². The monoisotopic (exact) mass is 377 g/mol. The molecular formula is C15H15ClF3N3O3. The molecule has 1 amide bonds. The van der Waals surface area contributed by atoms with E-state index in [-0.39, 0.29) is 22.2 Å². The average Bonchev–Trinajstić information content (AvgIpc) is 2.89. The molecule has 1 aromatic heterocycles. The van der Waals surface area contributed by atoms with Gasteiger partial charge in [0.15, 0.2) is 5.69 Å². The highest BCUT2D eigenvalue weighted by atomic mass is 35.5. The highest BCUT2D eigenvalue weighted by Crippen LogP contribution is 2.36. The van der Waals surface area contributed by atoms with Gasteiger partial charge in [0.2, 0.25) is 5.91 Å². The van der Waals surface area contributed by atoms with Crippen LogP contribution in [0.4, 0.5) is 18.9 Å². The zero-order valence-corrected chi connectivity index (χ0v) is 14.3. The summed E-state index contributed by atoms with van der Waals surface area (Å²) in [5, 5.41) is 6.24. The molecule has 0 spiro atoms. The van der Waals surface area contributed by atoms with Crippen LogP contribution in [0, 0.1) is 6.92 Å². The third-order valence-corrected chi connectivity index (χ3v) is 3.61. The van der Waals surface area contributed by atoms with Gasteiger partial charge >= 0.3 is 6.18 Å². The normalized spacial score (nSPS) is 11.3. The smallest absolute Gasteiger partial charge is 0.435 e. The van der Waals surface area contributed by atoms with Gasteiger partial charge in [-0.05, 0) is 13.0 Å². The van der Waals surface area contributed by atoms with Gasteiger partial charge in [-0.1, -0.05) is 11.6 Å². The number of hydrogen-bond acceptors (Lipinski definition) is 4. The summed E-state index contributed by atoms with van der Waals surface area (Å²) >= 11 is 5.97. The van der Waals surface area contributed by atoms with Crippen LogP contribution in [0.15, 0.2) is 18.2 Å². The van der Waals surface area contributed by atoms with Crippen molar-refractivity contribution < 1.29 is 27.4 Å². The van der Waals surface area contributed by atoms with Crippen LogP contribution in [-0.2, 0) is 17.5 Å². The lowest BCUT2D eigenvalue weighted by Gasteiger charge is -2.13. The lowest BCUT2D eigenvalue weighted by Crippen LogP contribution is -2.21. The number of amides is 1. The number of nitrogens with one attached hydrogen (secondary N) is 1. The minimum atomic E-state index is -4.57. The van der Waals surface area contributed by atoms with Gasteiger partial charge in [0.1, 0.15) is 18.0 Å². The molecule has 1 N–H and O–H groups in total. The third kappa shape index (κ3) is 4.36. The maximum atomic E-state index is 12.7. The molecule has 0 saturated heterocycles. The van der Waals surface area contributed by atoms with Crippen molar-refractivity contribution in [1.29, 1.82) is 0 Å². The van der Waals surface area contributed by atoms with E-state index in [1.807, 2.05) is 0 Å². The summed E-state index contributed by atoms with van der Waals surface area (Å²) in [5.41, 5.74) is -0.568. The first-order chi connectivity index (χ1) is 11.7. The van der Waals surface area contributed by atoms with Crippen LogP contribution in [0.5, 0.6) is 11.5 Å². The predicted octanol–water partition coefficient (Wildman–Crippen LogP) is 3.52. The SMILES string of the molecule is COc1cc(NC(=O)Cn2nc(C(F)(F)F)cc2C)c(OC)cc1Cl. The summed E-state index contributed by atoms with van der Waals surface area (Å²) in [4.78, 5) is 12.2. The van der Waals surface area contributed by atoms with Crippen molar-refractivity contribution in [3.8, 4) is 11.5 Å². The molecule has 6 nitrogen and oxygen atoms in total. The second-order valence-electron chi connectivity index (χ2n) is 5.06. The van der Waals surface area contributed by atoms with E-state index in [0.717, 1.165) is 10.7 Å². The molecule has 2 rings (SSSR count). The lowest BCUT2D eigenvalue weighted by molar-refractivity contribution is -0.141. The van der Waals surface area contributed by atoms with Crippen molar-refractivity contribution in [1.82, 2.24) is 9.78 Å². The molecule has 1 heterocycles. The molecule has 0 fully saturated rings. The molecule has 136 valence electrons. The number of anilines is 1. The van der Waals surface area contributed by atoms with E-state index in [9.17, 15) is 18.0 Å². The van der Waals surface area contributed by atoms with Crippen molar-refractivity contribution in [3.63, 3.8) is 0 Å². The van der Waals surface area contributed by atoms with Crippen molar-refractivity contribution in [2.75, 3.05) is 19.5 Å². The van der Waals surface area contributed by atoms with E-state index in [0.29, 0.717) is 5.75 Å². The molecule has 0 atom stereocenters. The van der Waals surface area contributed by atoms with Gasteiger partial charge in [0, 0.05) is 17.8 Å². The summed E-state index contributed by atoms with van der Waals surface area (Å²) in [6.07, 6.45) is -4.57. The molecule has 0 aliphatic heterocycles. The fourth-order valence-electron chi connectivity index (χ4n) is 2.09. The summed E-state index contributed by atoms with van der Waals surface area (Å²) < 4.78 is 49.2. The van der Waals surface area contributed by atoms with Gasteiger partial charge in [0.05, 0.1) is 24.9 Å². The van der Waals surface area contributed by atoms with E-state index in [1.54, 1.807) is 0 Å². The van der Waals surface area contributed by atoms with E-state index in [1.165, 1.54) is 33.3 Å². The molecule has 0 aliphatic rings. The predicted molar refractivity (Wildman–Crippen MR) is 85.2 cm³/mol. The van der Waals surface area contributed by atoms with Crippen molar-refractivity contribution in [2.45, 2.75) is 19.6 Å². The van der Waals surface area contributed by atoms with Crippen LogP contribution >= 0.6 is 11.6 Å². The Morgan fingerprint density at radius 3 is 2.40 bits per heavy atom. The fourth-order valence-corrected chi connectivity index (χ4v) is 2.32. The highest BCUT2D eigenvalue weighted by molar-refractivity contribution is 6.32. The zero-order chi connectivity index (χ0) is 18.8. The van der Waals surface area contributed by atoms with E-state index >= 15 is 0 Å². The van der Waals surface area contributed by atoms with E-state index < -0.39 is 24.3 Å². The number of nitrogens with zero attached hydrogens (tertiary/aromatic N) is 2. The first kappa shape index (κ1) is 18.9. The van der Waals surface area contributed by atoms with Gasteiger partial charge in [-0.15, -0.1) is 0 Å². The Labute approximate surface area is 146 Å². The molecule has 2 aromatic rings. The van der Waals surface area contributed by atoms with Gasteiger partial charge in [-0.3, -0.25) is 9.48 Å². The Hall–Kier alpha value is -2.42. The minimum Gasteiger partial charge on any atom is -0.495 e. The Morgan fingerprint density at radius 1 is 1.24 bits per heavy atom. The number of alkyl halides is 3. The number of benzene rings is 1. The maximum absolute atomic E-state index is 12.7. The molecule has 10 heteroatoms. The molecular weight excluding hydrogens is 363 g/mol. The van der Waals surface area contributed by atoms with Gasteiger partial charge in [-0.25, -0.2) is 0 Å². The van der Waals surface area contributed by atoms with Crippen LogP contribution in [0.1, 0.15) is 11.4 Å². The zero-order valence-electron chi connectivity index (χ0n) is 13.6. The average molecular weight is 378 g/mol. The molecule has 0 saturated carbocycles. The Kier molecular flexibility index (Phi) is 5.46. The standard InChI is InChI=1S/C15H15ClF3N3O3/c1-8-4-13(15(17,18)19)21-22(8)7-14(23)20-10-6-11(24-2)9(16)5-12(10)25-3/h4-6H,7H2,1-3H3,(H,20,23). The summed E-state index contributed by atoms with van der Waals surface area (Å²) in [5.74, 6) is 0.0160. The Bertz CT molecular complexity index is 790. The second kappa shape index (κ2) is 7.22. The van der Waals surface area contributed by atoms with Crippen LogP contribution in [0.2, 0.25) is 5.02 Å². The second-order valence-corrected chi connectivity index (χ2v) is 5.47. The number of ether oxygens (including phenoxy) is 2. The van der Waals surface area contributed by atoms with Crippen molar-refractivity contribution >= 4 is 23.2 Å². The molecule has 25 heavy (non-hydrogen) atoms. The fraction of sp³-hybridized carbons (Fsp3) is 0.333. The Morgan fingerprint density at radius 2 is 1.88 bits per heavy atom. The van der Waals surface area contributed by atoms with E-state index in [2.05, 4.69) is 10.4 Å². The van der Waals surface area contributed by atoms with Crippen LogP contribution in [-0.4, -0.2) is 29.9 Å². The van der Waals surface area contributed by atoms with Crippen LogP contribution in [0.25, 0.3) is 0 Å². The quantitative estimate of drug-likeness (QED) is 0.865. The summed E-state index contributed by atoms with van der Waals surface area (Å²) in [7, 11) is 2.80. The van der Waals surface area contributed by atoms with E-state index in [4.69, 9.17) is 21.1 Å². The highest BCUT2D eigenvalue weighted by Gasteiger charge is 2.34. The number of hydrogen-bond donors (Lipinski definition) is 1. The molecule has 1 aromatic carbocycles. The number of carbonyl (C=O) groups excluding carboxylic acids is 1. The summed E-state index contributed by atoms with van der Waals surface area (Å²) in [6, 6.07) is 3.78. The van der Waals surface area contributed by atoms with Crippen LogP contribution < -0.4 is 14.8 Å². The van der Waals surface area contributed by atoms with Crippen molar-refractivity contribution in [3.05, 3.63) is 34.6 Å². The molecule has 0 radical (unpaired) electrons. The Balaban J connectivity index is 2.20. The summed E-state index contributed by atoms with van der Waals surface area (Å²) in [6.45, 7) is 1.04. The first-order valence-corrected chi connectivity index (χ1v) is 7.36. The molecule has 0 aliphatic carbocycles.